The largest absolute Gasteiger partial charge is 0.378 e. The molecule has 132 valence electrons. The zero-order chi connectivity index (χ0) is 15.9. The number of ether oxygens (including phenoxy) is 1. The lowest BCUT2D eigenvalue weighted by Gasteiger charge is -2.24. The first kappa shape index (κ1) is 21.6. The van der Waals surface area contributed by atoms with Crippen molar-refractivity contribution in [3.05, 3.63) is 0 Å². The van der Waals surface area contributed by atoms with Crippen molar-refractivity contribution in [1.29, 1.82) is 0 Å². The van der Waals surface area contributed by atoms with Gasteiger partial charge in [-0.3, -0.25) is 4.79 Å². The predicted octanol–water partition coefficient (Wildman–Crippen LogP) is -0.0370. The van der Waals surface area contributed by atoms with Crippen LogP contribution in [-0.2, 0) is 19.6 Å². The summed E-state index contributed by atoms with van der Waals surface area (Å²) >= 11 is 0. The number of hydrogen-bond donors (Lipinski definition) is 2. The van der Waals surface area contributed by atoms with Crippen LogP contribution in [0, 0.1) is 0 Å². The number of carbonyl (C=O) groups excluding carboxylic acids is 1. The van der Waals surface area contributed by atoms with Crippen molar-refractivity contribution < 1.29 is 17.9 Å². The molecule has 0 aromatic carbocycles. The van der Waals surface area contributed by atoms with E-state index < -0.39 is 10.0 Å². The molecule has 1 aliphatic heterocycles. The maximum atomic E-state index is 12.1. The monoisotopic (exact) mass is 357 g/mol. The van der Waals surface area contributed by atoms with Gasteiger partial charge in [0.2, 0.25) is 15.9 Å². The third kappa shape index (κ3) is 7.73. The first-order valence-corrected chi connectivity index (χ1v) is 9.04. The van der Waals surface area contributed by atoms with Gasteiger partial charge in [-0.15, -0.1) is 12.4 Å². The predicted molar refractivity (Wildman–Crippen MR) is 88.8 cm³/mol. The van der Waals surface area contributed by atoms with Crippen molar-refractivity contribution in [2.45, 2.75) is 38.8 Å². The molecular weight excluding hydrogens is 330 g/mol. The summed E-state index contributed by atoms with van der Waals surface area (Å²) in [6, 6.07) is 0.163. The van der Waals surface area contributed by atoms with E-state index in [1.165, 1.54) is 0 Å². The highest BCUT2D eigenvalue weighted by Crippen LogP contribution is 2.16. The summed E-state index contributed by atoms with van der Waals surface area (Å²) in [5.41, 5.74) is 0. The average Bonchev–Trinajstić information content (AvgIpc) is 2.84. The Bertz CT molecular complexity index is 431. The van der Waals surface area contributed by atoms with E-state index in [4.69, 9.17) is 4.74 Å². The summed E-state index contributed by atoms with van der Waals surface area (Å²) in [5.74, 6) is -0.292. The number of likely N-dealkylation sites (tertiary alicyclic amines) is 1. The molecule has 0 aromatic rings. The Labute approximate surface area is 139 Å². The number of nitrogens with zero attached hydrogens (tertiary/aromatic N) is 1. The summed E-state index contributed by atoms with van der Waals surface area (Å²) in [6.07, 6.45) is 1.92. The van der Waals surface area contributed by atoms with Crippen LogP contribution in [0.3, 0.4) is 0 Å². The Kier molecular flexibility index (Phi) is 10.2. The summed E-state index contributed by atoms with van der Waals surface area (Å²) in [5, 5.41) is 3.06. The zero-order valence-electron chi connectivity index (χ0n) is 13.5. The zero-order valence-corrected chi connectivity index (χ0v) is 15.1. The van der Waals surface area contributed by atoms with Gasteiger partial charge in [0.1, 0.15) is 0 Å². The molecule has 0 saturated carbocycles. The Morgan fingerprint density at radius 2 is 2.09 bits per heavy atom. The van der Waals surface area contributed by atoms with E-state index in [9.17, 15) is 13.2 Å². The molecule has 0 spiro atoms. The second-order valence-electron chi connectivity index (χ2n) is 5.50. The third-order valence-electron chi connectivity index (χ3n) is 3.38. The van der Waals surface area contributed by atoms with Crippen LogP contribution in [0.1, 0.15) is 26.7 Å². The van der Waals surface area contributed by atoms with Crippen molar-refractivity contribution in [3.63, 3.8) is 0 Å². The highest BCUT2D eigenvalue weighted by Gasteiger charge is 2.28. The van der Waals surface area contributed by atoms with Crippen molar-refractivity contribution in [1.82, 2.24) is 14.9 Å². The minimum Gasteiger partial charge on any atom is -0.378 e. The van der Waals surface area contributed by atoms with Crippen LogP contribution in [-0.4, -0.2) is 70.4 Å². The standard InChI is InChI=1S/C13H27N3O4S.ClH/c1-11(2)20-7-8-21(18,19)15-10-13(17)16-6-4-5-12(16)9-14-3;/h11-12,14-15H,4-10H2,1-3H3;1H. The van der Waals surface area contributed by atoms with Gasteiger partial charge >= 0.3 is 0 Å². The average molecular weight is 358 g/mol. The van der Waals surface area contributed by atoms with Crippen molar-refractivity contribution in [3.8, 4) is 0 Å². The van der Waals surface area contributed by atoms with Gasteiger partial charge in [-0.25, -0.2) is 13.1 Å². The first-order valence-electron chi connectivity index (χ1n) is 7.38. The van der Waals surface area contributed by atoms with Crippen molar-refractivity contribution >= 4 is 28.3 Å². The second-order valence-corrected chi connectivity index (χ2v) is 7.43. The van der Waals surface area contributed by atoms with Gasteiger partial charge in [0, 0.05) is 19.1 Å². The lowest BCUT2D eigenvalue weighted by Crippen LogP contribution is -2.46. The molecule has 0 radical (unpaired) electrons. The molecule has 22 heavy (non-hydrogen) atoms. The van der Waals surface area contributed by atoms with Gasteiger partial charge in [0.25, 0.3) is 0 Å². The fraction of sp³-hybridized carbons (Fsp3) is 0.923. The van der Waals surface area contributed by atoms with Crippen LogP contribution in [0.2, 0.25) is 0 Å². The SMILES string of the molecule is CNCC1CCCN1C(=O)CNS(=O)(=O)CCOC(C)C.Cl. The van der Waals surface area contributed by atoms with E-state index >= 15 is 0 Å². The van der Waals surface area contributed by atoms with Gasteiger partial charge in [0.15, 0.2) is 0 Å². The van der Waals surface area contributed by atoms with E-state index in [-0.39, 0.29) is 49.4 Å². The number of sulfonamides is 1. The van der Waals surface area contributed by atoms with Crippen LogP contribution in [0.15, 0.2) is 0 Å². The van der Waals surface area contributed by atoms with Gasteiger partial charge < -0.3 is 15.0 Å². The fourth-order valence-electron chi connectivity index (χ4n) is 2.35. The van der Waals surface area contributed by atoms with Crippen LogP contribution >= 0.6 is 12.4 Å². The molecule has 1 amide bonds. The Morgan fingerprint density at radius 3 is 2.68 bits per heavy atom. The molecule has 1 atom stereocenters. The number of carbonyl (C=O) groups is 1. The molecule has 1 aliphatic rings. The van der Waals surface area contributed by atoms with E-state index in [0.29, 0.717) is 6.54 Å². The molecule has 7 nitrogen and oxygen atoms in total. The fourth-order valence-corrected chi connectivity index (χ4v) is 3.15. The molecule has 1 saturated heterocycles. The highest BCUT2D eigenvalue weighted by atomic mass is 35.5. The molecule has 9 heteroatoms. The van der Waals surface area contributed by atoms with Gasteiger partial charge in [-0.2, -0.15) is 0 Å². The van der Waals surface area contributed by atoms with E-state index in [0.717, 1.165) is 19.4 Å². The van der Waals surface area contributed by atoms with Crippen LogP contribution in [0.4, 0.5) is 0 Å². The lowest BCUT2D eigenvalue weighted by molar-refractivity contribution is -0.130. The van der Waals surface area contributed by atoms with Crippen LogP contribution in [0.25, 0.3) is 0 Å². The molecular formula is C13H28ClN3O4S. The Balaban J connectivity index is 0.00000441. The number of rotatable bonds is 9. The second kappa shape index (κ2) is 10.4. The number of halogens is 1. The quantitative estimate of drug-likeness (QED) is 0.604. The Morgan fingerprint density at radius 1 is 1.41 bits per heavy atom. The topological polar surface area (TPSA) is 87.7 Å². The molecule has 0 aromatic heterocycles. The van der Waals surface area contributed by atoms with Crippen LogP contribution < -0.4 is 10.0 Å². The minimum absolute atomic E-state index is 0. The van der Waals surface area contributed by atoms with E-state index in [1.807, 2.05) is 20.9 Å². The highest BCUT2D eigenvalue weighted by molar-refractivity contribution is 7.89. The molecule has 1 fully saturated rings. The Hall–Kier alpha value is -0.410. The molecule has 2 N–H and O–H groups in total. The maximum Gasteiger partial charge on any atom is 0.237 e. The number of nitrogens with one attached hydrogen (secondary N) is 2. The molecule has 1 heterocycles. The maximum absolute atomic E-state index is 12.1. The summed E-state index contributed by atoms with van der Waals surface area (Å²) < 4.78 is 31.1. The lowest BCUT2D eigenvalue weighted by atomic mass is 10.2. The van der Waals surface area contributed by atoms with Crippen molar-refractivity contribution in [2.24, 2.45) is 0 Å². The van der Waals surface area contributed by atoms with Gasteiger partial charge in [0.05, 0.1) is 25.0 Å². The van der Waals surface area contributed by atoms with Crippen molar-refractivity contribution in [2.75, 3.05) is 39.0 Å². The van der Waals surface area contributed by atoms with Gasteiger partial charge in [-0.05, 0) is 33.7 Å². The number of amides is 1. The smallest absolute Gasteiger partial charge is 0.237 e. The van der Waals surface area contributed by atoms with E-state index in [1.54, 1.807) is 4.90 Å². The first-order chi connectivity index (χ1) is 9.85. The summed E-state index contributed by atoms with van der Waals surface area (Å²) in [7, 11) is -1.62. The number of hydrogen-bond acceptors (Lipinski definition) is 5. The van der Waals surface area contributed by atoms with E-state index in [2.05, 4.69) is 10.0 Å². The normalized spacial score (nSPS) is 18.5. The minimum atomic E-state index is -3.47. The van der Waals surface area contributed by atoms with Gasteiger partial charge in [-0.1, -0.05) is 0 Å². The summed E-state index contributed by atoms with van der Waals surface area (Å²) in [4.78, 5) is 13.9. The molecule has 1 unspecified atom stereocenters. The number of likely N-dealkylation sites (N-methyl/N-ethyl adjacent to an activating group) is 1. The van der Waals surface area contributed by atoms with Crippen LogP contribution in [0.5, 0.6) is 0 Å². The summed E-state index contributed by atoms with van der Waals surface area (Å²) in [6.45, 7) is 5.08. The third-order valence-corrected chi connectivity index (χ3v) is 4.67. The molecule has 0 aliphatic carbocycles. The molecule has 0 bridgehead atoms. The molecule has 1 rings (SSSR count).